The van der Waals surface area contributed by atoms with E-state index in [9.17, 15) is 14.4 Å². The summed E-state index contributed by atoms with van der Waals surface area (Å²) in [4.78, 5) is 42.6. The molecule has 2 aromatic carbocycles. The number of rotatable bonds is 12. The second-order valence-corrected chi connectivity index (χ2v) is 12.0. The third-order valence-corrected chi connectivity index (χ3v) is 7.22. The van der Waals surface area contributed by atoms with Gasteiger partial charge in [-0.3, -0.25) is 9.59 Å². The Hall–Kier alpha value is -3.26. The number of hydrogen-bond donors (Lipinski definition) is 2. The smallest absolute Gasteiger partial charge is 0.408 e. The van der Waals surface area contributed by atoms with E-state index in [1.807, 2.05) is 60.9 Å². The van der Waals surface area contributed by atoms with Crippen molar-refractivity contribution < 1.29 is 19.1 Å². The topological polar surface area (TPSA) is 87.7 Å². The number of carbonyl (C=O) groups is 3. The van der Waals surface area contributed by atoms with Crippen LogP contribution in [0.25, 0.3) is 6.08 Å². The Morgan fingerprint density at radius 3 is 2.44 bits per heavy atom. The molecule has 7 nitrogen and oxygen atoms in total. The number of amides is 3. The Morgan fingerprint density at radius 2 is 1.85 bits per heavy atom. The summed E-state index contributed by atoms with van der Waals surface area (Å²) in [6.45, 7) is 11.6. The zero-order chi connectivity index (χ0) is 28.6. The molecule has 0 bridgehead atoms. The first kappa shape index (κ1) is 30.3. The second-order valence-electron chi connectivity index (χ2n) is 11.0. The maximum Gasteiger partial charge on any atom is 0.408 e. The summed E-state index contributed by atoms with van der Waals surface area (Å²) in [6, 6.07) is 15.4. The van der Waals surface area contributed by atoms with Gasteiger partial charge < -0.3 is 20.3 Å². The number of carbonyl (C=O) groups excluding carboxylic acids is 3. The second kappa shape index (κ2) is 13.7. The molecule has 0 aromatic heterocycles. The standard InChI is InChI=1S/C31H41N3O4S/c1-7-22-14-11-15-24(19-22)27(28(35)32-20-23-12-9-8-10-13-23)34(26-18-21(26)2)29(36)25(16-17-39-6)33-30(37)38-31(3,4)5/h7-15,19,21,25-27H,1,16-18,20H2,2-6H3,(H,32,35)(H,33,37). The van der Waals surface area contributed by atoms with Crippen molar-refractivity contribution in [1.82, 2.24) is 15.5 Å². The van der Waals surface area contributed by atoms with Crippen LogP contribution in [0.4, 0.5) is 4.79 Å². The monoisotopic (exact) mass is 551 g/mol. The van der Waals surface area contributed by atoms with Crippen LogP contribution in [0.1, 0.15) is 63.3 Å². The van der Waals surface area contributed by atoms with Crippen LogP contribution >= 0.6 is 11.8 Å². The fourth-order valence-corrected chi connectivity index (χ4v) is 4.94. The number of nitrogens with one attached hydrogen (secondary N) is 2. The molecule has 0 heterocycles. The predicted octanol–water partition coefficient (Wildman–Crippen LogP) is 5.57. The summed E-state index contributed by atoms with van der Waals surface area (Å²) < 4.78 is 5.47. The highest BCUT2D eigenvalue weighted by Crippen LogP contribution is 2.41. The van der Waals surface area contributed by atoms with Crippen molar-refractivity contribution in [3.8, 4) is 0 Å². The summed E-state index contributed by atoms with van der Waals surface area (Å²) in [6.07, 6.45) is 4.24. The zero-order valence-electron chi connectivity index (χ0n) is 23.6. The fourth-order valence-electron chi connectivity index (χ4n) is 4.47. The van der Waals surface area contributed by atoms with Crippen LogP contribution in [0.15, 0.2) is 61.2 Å². The summed E-state index contributed by atoms with van der Waals surface area (Å²) in [5.41, 5.74) is 1.82. The summed E-state index contributed by atoms with van der Waals surface area (Å²) in [5.74, 6) is 0.349. The first-order valence-corrected chi connectivity index (χ1v) is 14.8. The van der Waals surface area contributed by atoms with E-state index >= 15 is 0 Å². The van der Waals surface area contributed by atoms with Gasteiger partial charge in [-0.25, -0.2) is 4.79 Å². The van der Waals surface area contributed by atoms with Gasteiger partial charge in [0.25, 0.3) is 0 Å². The van der Waals surface area contributed by atoms with Gasteiger partial charge in [0, 0.05) is 12.6 Å². The van der Waals surface area contributed by atoms with E-state index in [2.05, 4.69) is 24.1 Å². The van der Waals surface area contributed by atoms with E-state index in [0.717, 1.165) is 17.5 Å². The summed E-state index contributed by atoms with van der Waals surface area (Å²) in [5, 5.41) is 5.85. The summed E-state index contributed by atoms with van der Waals surface area (Å²) >= 11 is 1.59. The third kappa shape index (κ3) is 8.88. The van der Waals surface area contributed by atoms with Crippen LogP contribution in [0.3, 0.4) is 0 Å². The lowest BCUT2D eigenvalue weighted by Crippen LogP contribution is -2.54. The van der Waals surface area contributed by atoms with Crippen LogP contribution in [-0.2, 0) is 20.9 Å². The molecular weight excluding hydrogens is 510 g/mol. The molecule has 0 spiro atoms. The van der Waals surface area contributed by atoms with E-state index in [1.165, 1.54) is 0 Å². The Morgan fingerprint density at radius 1 is 1.15 bits per heavy atom. The Balaban J connectivity index is 1.98. The first-order chi connectivity index (χ1) is 18.5. The molecule has 0 saturated heterocycles. The predicted molar refractivity (Wildman–Crippen MR) is 158 cm³/mol. The molecule has 1 aliphatic rings. The Kier molecular flexibility index (Phi) is 10.6. The number of benzene rings is 2. The van der Waals surface area contributed by atoms with Gasteiger partial charge in [-0.1, -0.05) is 68.1 Å². The number of hydrogen-bond acceptors (Lipinski definition) is 5. The van der Waals surface area contributed by atoms with Crippen molar-refractivity contribution in [2.24, 2.45) is 5.92 Å². The maximum atomic E-state index is 14.3. The summed E-state index contributed by atoms with van der Waals surface area (Å²) in [7, 11) is 0. The van der Waals surface area contributed by atoms with Crippen molar-refractivity contribution in [2.45, 2.75) is 70.8 Å². The van der Waals surface area contributed by atoms with Gasteiger partial charge in [-0.15, -0.1) is 0 Å². The van der Waals surface area contributed by atoms with Gasteiger partial charge in [0.1, 0.15) is 17.7 Å². The Bertz CT molecular complexity index is 1150. The number of nitrogens with zero attached hydrogens (tertiary/aromatic N) is 1. The average Bonchev–Trinajstić information content (AvgIpc) is 3.62. The molecule has 1 aliphatic carbocycles. The molecule has 210 valence electrons. The van der Waals surface area contributed by atoms with Crippen LogP contribution < -0.4 is 10.6 Å². The lowest BCUT2D eigenvalue weighted by atomic mass is 9.99. The average molecular weight is 552 g/mol. The highest BCUT2D eigenvalue weighted by Gasteiger charge is 2.48. The molecule has 0 aliphatic heterocycles. The molecule has 1 fully saturated rings. The number of ether oxygens (including phenoxy) is 1. The minimum atomic E-state index is -0.867. The third-order valence-electron chi connectivity index (χ3n) is 6.58. The van der Waals surface area contributed by atoms with Gasteiger partial charge in [0.2, 0.25) is 11.8 Å². The molecule has 8 heteroatoms. The molecule has 0 radical (unpaired) electrons. The van der Waals surface area contributed by atoms with Gasteiger partial charge in [-0.05, 0) is 74.3 Å². The molecule has 39 heavy (non-hydrogen) atoms. The van der Waals surface area contributed by atoms with E-state index in [1.54, 1.807) is 43.5 Å². The van der Waals surface area contributed by atoms with Crippen LogP contribution in [-0.4, -0.2) is 52.5 Å². The Labute approximate surface area is 236 Å². The minimum Gasteiger partial charge on any atom is -0.444 e. The van der Waals surface area contributed by atoms with Gasteiger partial charge in [0.05, 0.1) is 0 Å². The van der Waals surface area contributed by atoms with E-state index in [4.69, 9.17) is 4.74 Å². The molecule has 4 unspecified atom stereocenters. The van der Waals surface area contributed by atoms with E-state index < -0.39 is 23.8 Å². The first-order valence-electron chi connectivity index (χ1n) is 13.4. The highest BCUT2D eigenvalue weighted by atomic mass is 32.2. The van der Waals surface area contributed by atoms with Gasteiger partial charge >= 0.3 is 6.09 Å². The van der Waals surface area contributed by atoms with Crippen molar-refractivity contribution in [2.75, 3.05) is 12.0 Å². The van der Waals surface area contributed by atoms with Crippen molar-refractivity contribution >= 4 is 35.7 Å². The highest BCUT2D eigenvalue weighted by molar-refractivity contribution is 7.98. The molecule has 4 atom stereocenters. The molecule has 1 saturated carbocycles. The maximum absolute atomic E-state index is 14.3. The van der Waals surface area contributed by atoms with Gasteiger partial charge in [0.15, 0.2) is 0 Å². The van der Waals surface area contributed by atoms with E-state index in [-0.39, 0.29) is 23.8 Å². The van der Waals surface area contributed by atoms with Crippen LogP contribution in [0.2, 0.25) is 0 Å². The molecule has 2 N–H and O–H groups in total. The molecular formula is C31H41N3O4S. The number of alkyl carbamates (subject to hydrolysis) is 1. The lowest BCUT2D eigenvalue weighted by Gasteiger charge is -2.35. The van der Waals surface area contributed by atoms with Crippen LogP contribution in [0.5, 0.6) is 0 Å². The van der Waals surface area contributed by atoms with Crippen LogP contribution in [0, 0.1) is 5.92 Å². The van der Waals surface area contributed by atoms with E-state index in [0.29, 0.717) is 24.3 Å². The fraction of sp³-hybridized carbons (Fsp3) is 0.452. The van der Waals surface area contributed by atoms with Crippen molar-refractivity contribution in [3.63, 3.8) is 0 Å². The van der Waals surface area contributed by atoms with Crippen molar-refractivity contribution in [3.05, 3.63) is 77.9 Å². The lowest BCUT2D eigenvalue weighted by molar-refractivity contribution is -0.143. The molecule has 3 rings (SSSR count). The molecule has 3 amide bonds. The zero-order valence-corrected chi connectivity index (χ0v) is 24.4. The van der Waals surface area contributed by atoms with Gasteiger partial charge in [-0.2, -0.15) is 11.8 Å². The van der Waals surface area contributed by atoms with Crippen molar-refractivity contribution in [1.29, 1.82) is 0 Å². The number of thioether (sulfide) groups is 1. The largest absolute Gasteiger partial charge is 0.444 e. The SMILES string of the molecule is C=Cc1cccc(C(C(=O)NCc2ccccc2)N(C(=O)C(CCSC)NC(=O)OC(C)(C)C)C2CC2C)c1. The quantitative estimate of drug-likeness (QED) is 0.360. The minimum absolute atomic E-state index is 0.116. The molecule has 2 aromatic rings. The normalized spacial score (nSPS) is 17.9.